The molecule has 0 aliphatic heterocycles. The molecule has 0 N–H and O–H groups in total. The van der Waals surface area contributed by atoms with Crippen LogP contribution in [0.2, 0.25) is 0 Å². The maximum Gasteiger partial charge on any atom is 0.0546 e. The maximum absolute atomic E-state index is 2.49. The average molecular weight is 664 g/mol. The fraction of sp³-hybridized carbons (Fsp3) is 0.0588. The Morgan fingerprint density at radius 3 is 1.77 bits per heavy atom. The smallest absolute Gasteiger partial charge is 0.0546 e. The third-order valence-electron chi connectivity index (χ3n) is 11.2. The summed E-state index contributed by atoms with van der Waals surface area (Å²) in [5.41, 5.74) is 13.5. The Labute approximate surface area is 305 Å². The Balaban J connectivity index is 1.26. The maximum atomic E-state index is 2.49. The summed E-state index contributed by atoms with van der Waals surface area (Å²) >= 11 is 0. The summed E-state index contributed by atoms with van der Waals surface area (Å²) in [5.74, 6) is 0. The van der Waals surface area contributed by atoms with Crippen molar-refractivity contribution < 1.29 is 0 Å². The van der Waals surface area contributed by atoms with Crippen molar-refractivity contribution in [2.24, 2.45) is 0 Å². The standard InChI is InChI=1S/C51H37N/c1-51(2)47-32-39-19-7-6-18-38(39)31-46(47)44-28-27-41(33-48(44)51)52(40-22-12-21-37(30-40)34-14-4-3-5-15-34)49-29-26-36-17-9-11-24-43(36)50(49)45-25-13-20-35-16-8-10-23-42(35)45/h3-33H,1-2H3. The number of benzene rings is 9. The predicted molar refractivity (Wildman–Crippen MR) is 222 cm³/mol. The van der Waals surface area contributed by atoms with Gasteiger partial charge in [-0.25, -0.2) is 0 Å². The summed E-state index contributed by atoms with van der Waals surface area (Å²) in [6.07, 6.45) is 0. The lowest BCUT2D eigenvalue weighted by Gasteiger charge is -2.31. The molecule has 0 saturated carbocycles. The number of anilines is 3. The molecule has 52 heavy (non-hydrogen) atoms. The van der Waals surface area contributed by atoms with E-state index < -0.39 is 0 Å². The van der Waals surface area contributed by atoms with Gasteiger partial charge < -0.3 is 4.90 Å². The Hall–Kier alpha value is -6.44. The van der Waals surface area contributed by atoms with Gasteiger partial charge in [-0.1, -0.05) is 159 Å². The van der Waals surface area contributed by atoms with E-state index in [1.54, 1.807) is 0 Å². The van der Waals surface area contributed by atoms with Crippen molar-refractivity contribution in [1.29, 1.82) is 0 Å². The molecule has 0 saturated heterocycles. The highest BCUT2D eigenvalue weighted by Crippen LogP contribution is 2.53. The molecule has 246 valence electrons. The normalized spacial score (nSPS) is 13.0. The molecule has 1 aliphatic rings. The zero-order chi connectivity index (χ0) is 34.8. The van der Waals surface area contributed by atoms with E-state index >= 15 is 0 Å². The van der Waals surface area contributed by atoms with E-state index in [9.17, 15) is 0 Å². The molecular formula is C51H37N. The van der Waals surface area contributed by atoms with Crippen molar-refractivity contribution in [2.45, 2.75) is 19.3 Å². The molecule has 0 amide bonds. The van der Waals surface area contributed by atoms with Gasteiger partial charge in [0.05, 0.1) is 5.69 Å². The van der Waals surface area contributed by atoms with Crippen LogP contribution in [0.1, 0.15) is 25.0 Å². The van der Waals surface area contributed by atoms with Crippen LogP contribution in [-0.2, 0) is 5.41 Å². The van der Waals surface area contributed by atoms with Gasteiger partial charge in [-0.05, 0) is 114 Å². The summed E-state index contributed by atoms with van der Waals surface area (Å²) in [6, 6.07) is 69.3. The van der Waals surface area contributed by atoms with Crippen LogP contribution in [-0.4, -0.2) is 0 Å². The first-order valence-electron chi connectivity index (χ1n) is 18.2. The molecule has 0 bridgehead atoms. The Morgan fingerprint density at radius 1 is 0.365 bits per heavy atom. The molecule has 0 atom stereocenters. The van der Waals surface area contributed by atoms with Gasteiger partial charge >= 0.3 is 0 Å². The third kappa shape index (κ3) is 4.77. The number of nitrogens with zero attached hydrogens (tertiary/aromatic N) is 1. The molecular weight excluding hydrogens is 627 g/mol. The van der Waals surface area contributed by atoms with Gasteiger partial charge in [-0.3, -0.25) is 0 Å². The van der Waals surface area contributed by atoms with E-state index in [0.29, 0.717) is 0 Å². The summed E-state index contributed by atoms with van der Waals surface area (Å²) in [5, 5.41) is 7.52. The third-order valence-corrected chi connectivity index (χ3v) is 11.2. The number of rotatable bonds is 5. The molecule has 0 radical (unpaired) electrons. The van der Waals surface area contributed by atoms with Gasteiger partial charge in [0.25, 0.3) is 0 Å². The zero-order valence-electron chi connectivity index (χ0n) is 29.3. The van der Waals surface area contributed by atoms with Gasteiger partial charge in [-0.15, -0.1) is 0 Å². The monoisotopic (exact) mass is 663 g/mol. The summed E-state index contributed by atoms with van der Waals surface area (Å²) < 4.78 is 0. The van der Waals surface area contributed by atoms with Crippen LogP contribution in [0.15, 0.2) is 188 Å². The lowest BCUT2D eigenvalue weighted by Crippen LogP contribution is -2.17. The van der Waals surface area contributed by atoms with Crippen LogP contribution >= 0.6 is 0 Å². The van der Waals surface area contributed by atoms with Crippen LogP contribution < -0.4 is 4.90 Å². The molecule has 0 spiro atoms. The van der Waals surface area contributed by atoms with Gasteiger partial charge in [0.15, 0.2) is 0 Å². The fourth-order valence-corrected chi connectivity index (χ4v) is 8.60. The van der Waals surface area contributed by atoms with Gasteiger partial charge in [0, 0.05) is 22.4 Å². The topological polar surface area (TPSA) is 3.24 Å². The summed E-state index contributed by atoms with van der Waals surface area (Å²) in [7, 11) is 0. The Bertz CT molecular complexity index is 2820. The molecule has 1 nitrogen and oxygen atoms in total. The minimum atomic E-state index is -0.163. The first-order chi connectivity index (χ1) is 25.5. The molecule has 0 heterocycles. The van der Waals surface area contributed by atoms with E-state index in [1.165, 1.54) is 76.8 Å². The van der Waals surface area contributed by atoms with Gasteiger partial charge in [0.1, 0.15) is 0 Å². The second-order valence-electron chi connectivity index (χ2n) is 14.6. The minimum Gasteiger partial charge on any atom is -0.310 e. The molecule has 0 fully saturated rings. The zero-order valence-corrected chi connectivity index (χ0v) is 29.3. The average Bonchev–Trinajstić information content (AvgIpc) is 3.41. The van der Waals surface area contributed by atoms with Gasteiger partial charge in [0.2, 0.25) is 0 Å². The quantitative estimate of drug-likeness (QED) is 0.177. The fourth-order valence-electron chi connectivity index (χ4n) is 8.60. The molecule has 0 aromatic heterocycles. The molecule has 0 unspecified atom stereocenters. The van der Waals surface area contributed by atoms with Crippen molar-refractivity contribution in [1.82, 2.24) is 0 Å². The molecule has 1 heteroatoms. The van der Waals surface area contributed by atoms with E-state index in [2.05, 4.69) is 207 Å². The van der Waals surface area contributed by atoms with Crippen molar-refractivity contribution in [3.05, 3.63) is 199 Å². The highest BCUT2D eigenvalue weighted by atomic mass is 15.1. The molecule has 10 rings (SSSR count). The first kappa shape index (κ1) is 30.4. The van der Waals surface area contributed by atoms with E-state index in [0.717, 1.165) is 17.1 Å². The van der Waals surface area contributed by atoms with E-state index in [-0.39, 0.29) is 5.41 Å². The minimum absolute atomic E-state index is 0.163. The van der Waals surface area contributed by atoms with E-state index in [4.69, 9.17) is 0 Å². The van der Waals surface area contributed by atoms with Crippen molar-refractivity contribution in [3.63, 3.8) is 0 Å². The van der Waals surface area contributed by atoms with Crippen molar-refractivity contribution in [2.75, 3.05) is 4.90 Å². The van der Waals surface area contributed by atoms with E-state index in [1.807, 2.05) is 0 Å². The molecule has 1 aliphatic carbocycles. The summed E-state index contributed by atoms with van der Waals surface area (Å²) in [4.78, 5) is 2.49. The first-order valence-corrected chi connectivity index (χ1v) is 18.2. The van der Waals surface area contributed by atoms with Crippen LogP contribution in [0, 0.1) is 0 Å². The molecule has 9 aromatic carbocycles. The van der Waals surface area contributed by atoms with Crippen LogP contribution in [0.25, 0.3) is 65.7 Å². The molecule has 9 aromatic rings. The highest BCUT2D eigenvalue weighted by molar-refractivity contribution is 6.11. The second kappa shape index (κ2) is 11.8. The largest absolute Gasteiger partial charge is 0.310 e. The second-order valence-corrected chi connectivity index (χ2v) is 14.6. The van der Waals surface area contributed by atoms with Crippen molar-refractivity contribution >= 4 is 49.4 Å². The number of hydrogen-bond acceptors (Lipinski definition) is 1. The highest BCUT2D eigenvalue weighted by Gasteiger charge is 2.36. The predicted octanol–water partition coefficient (Wildman–Crippen LogP) is 14.3. The lowest BCUT2D eigenvalue weighted by atomic mass is 9.81. The van der Waals surface area contributed by atoms with Crippen LogP contribution in [0.5, 0.6) is 0 Å². The lowest BCUT2D eigenvalue weighted by molar-refractivity contribution is 0.661. The van der Waals surface area contributed by atoms with Crippen LogP contribution in [0.4, 0.5) is 17.1 Å². The van der Waals surface area contributed by atoms with Gasteiger partial charge in [-0.2, -0.15) is 0 Å². The SMILES string of the molecule is CC1(C)c2cc(N(c3cccc(-c4ccccc4)c3)c3ccc4ccccc4c3-c3cccc4ccccc34)ccc2-c2cc3ccccc3cc21. The Kier molecular flexibility index (Phi) is 6.91. The number of hydrogen-bond donors (Lipinski definition) is 0. The van der Waals surface area contributed by atoms with Crippen molar-refractivity contribution in [3.8, 4) is 33.4 Å². The van der Waals surface area contributed by atoms with Crippen LogP contribution in [0.3, 0.4) is 0 Å². The number of fused-ring (bicyclic) bond motifs is 6. The summed E-state index contributed by atoms with van der Waals surface area (Å²) in [6.45, 7) is 4.77. The Morgan fingerprint density at radius 2 is 0.962 bits per heavy atom.